The topological polar surface area (TPSA) is 117 Å². The number of anilines is 2. The third kappa shape index (κ3) is 4.97. The largest absolute Gasteiger partial charge is 0.464 e. The third-order valence-corrected chi connectivity index (χ3v) is 7.25. The number of benzene rings is 1. The molecule has 1 aromatic carbocycles. The van der Waals surface area contributed by atoms with Crippen molar-refractivity contribution < 1.29 is 23.8 Å². The maximum absolute atomic E-state index is 13.1. The smallest absolute Gasteiger partial charge is 0.356 e. The molecule has 0 atom stereocenters. The lowest BCUT2D eigenvalue weighted by Crippen LogP contribution is -2.29. The minimum atomic E-state index is -0.534. The van der Waals surface area contributed by atoms with E-state index in [1.807, 2.05) is 47.0 Å². The highest BCUT2D eigenvalue weighted by atomic mass is 16.7. The summed E-state index contributed by atoms with van der Waals surface area (Å²) in [6.07, 6.45) is 6.77. The maximum atomic E-state index is 13.1. The van der Waals surface area contributed by atoms with Gasteiger partial charge in [0.1, 0.15) is 5.65 Å². The van der Waals surface area contributed by atoms with Crippen molar-refractivity contribution in [1.29, 1.82) is 0 Å². The number of fused-ring (bicyclic) bond motifs is 2. The summed E-state index contributed by atoms with van der Waals surface area (Å²) in [7, 11) is 1.34. The van der Waals surface area contributed by atoms with Crippen LogP contribution in [0.2, 0.25) is 0 Å². The average molecular weight is 528 g/mol. The molecule has 2 N–H and O–H groups in total. The quantitative estimate of drug-likeness (QED) is 0.305. The predicted molar refractivity (Wildman–Crippen MR) is 145 cm³/mol. The molecule has 10 heteroatoms. The first-order valence-corrected chi connectivity index (χ1v) is 13.0. The number of rotatable bonds is 9. The van der Waals surface area contributed by atoms with Gasteiger partial charge in [-0.15, -0.1) is 0 Å². The Hall–Kier alpha value is -4.60. The van der Waals surface area contributed by atoms with Crippen LogP contribution in [0.15, 0.2) is 54.9 Å². The predicted octanol–water partition coefficient (Wildman–Crippen LogP) is 4.54. The number of aryl methyl sites for hydroxylation is 2. The van der Waals surface area contributed by atoms with Crippen LogP contribution in [0.25, 0.3) is 11.0 Å². The SMILES string of the molecule is COC(=O)c1c(NC(=O)C2CCC2)c2cc(NCc3ccc4c(c3)OCO4)cnc2n1CCc1ccccn1. The van der Waals surface area contributed by atoms with Crippen LogP contribution in [0.1, 0.15) is 41.0 Å². The molecule has 1 saturated carbocycles. The zero-order valence-electron chi connectivity index (χ0n) is 21.6. The lowest BCUT2D eigenvalue weighted by atomic mass is 9.85. The van der Waals surface area contributed by atoms with E-state index in [-0.39, 0.29) is 24.3 Å². The van der Waals surface area contributed by atoms with Crippen LogP contribution >= 0.6 is 0 Å². The van der Waals surface area contributed by atoms with Crippen molar-refractivity contribution in [1.82, 2.24) is 14.5 Å². The molecule has 0 bridgehead atoms. The second-order valence-corrected chi connectivity index (χ2v) is 9.69. The fraction of sp³-hybridized carbons (Fsp3) is 0.310. The number of hydrogen-bond acceptors (Lipinski definition) is 8. The molecule has 1 aliphatic carbocycles. The number of carbonyl (C=O) groups excluding carboxylic acids is 2. The molecule has 6 rings (SSSR count). The Bertz CT molecular complexity index is 1530. The van der Waals surface area contributed by atoms with Gasteiger partial charge >= 0.3 is 5.97 Å². The number of amides is 1. The van der Waals surface area contributed by atoms with Crippen LogP contribution in [0, 0.1) is 5.92 Å². The number of nitrogens with zero attached hydrogens (tertiary/aromatic N) is 3. The molecule has 0 radical (unpaired) electrons. The Morgan fingerprint density at radius 1 is 1.10 bits per heavy atom. The van der Waals surface area contributed by atoms with Crippen molar-refractivity contribution in [3.05, 3.63) is 71.8 Å². The number of ether oxygens (including phenoxy) is 3. The minimum absolute atomic E-state index is 0.0531. The standard InChI is InChI=1S/C29H29N5O5/c1-37-29(36)26-25(33-28(35)19-5-4-6-19)22-14-21(31-15-18-8-9-23-24(13-18)39-17-38-23)16-32-27(22)34(26)12-10-20-7-2-3-11-30-20/h2-3,7-9,11,13-14,16,19,31H,4-6,10,12,15,17H2,1H3,(H,33,35). The normalized spacial score (nSPS) is 14.2. The summed E-state index contributed by atoms with van der Waals surface area (Å²) in [5.74, 6) is 0.775. The van der Waals surface area contributed by atoms with Gasteiger partial charge in [-0.2, -0.15) is 0 Å². The average Bonchev–Trinajstić information content (AvgIpc) is 3.52. The third-order valence-electron chi connectivity index (χ3n) is 7.25. The van der Waals surface area contributed by atoms with Crippen LogP contribution < -0.4 is 20.1 Å². The summed E-state index contributed by atoms with van der Waals surface area (Å²) >= 11 is 0. The Kier molecular flexibility index (Phi) is 6.75. The van der Waals surface area contributed by atoms with Gasteiger partial charge in [-0.05, 0) is 48.7 Å². The highest BCUT2D eigenvalue weighted by molar-refractivity contribution is 6.11. The first-order chi connectivity index (χ1) is 19.1. The Balaban J connectivity index is 1.35. The van der Waals surface area contributed by atoms with Crippen molar-refractivity contribution in [2.45, 2.75) is 38.8 Å². The number of methoxy groups -OCH3 is 1. The summed E-state index contributed by atoms with van der Waals surface area (Å²) in [5, 5.41) is 7.10. The van der Waals surface area contributed by atoms with E-state index in [9.17, 15) is 9.59 Å². The molecule has 1 aliphatic heterocycles. The van der Waals surface area contributed by atoms with Crippen LogP contribution in [0.4, 0.5) is 11.4 Å². The van der Waals surface area contributed by atoms with Gasteiger partial charge in [0.25, 0.3) is 0 Å². The molecule has 1 amide bonds. The summed E-state index contributed by atoms with van der Waals surface area (Å²) in [5.41, 5.74) is 3.94. The van der Waals surface area contributed by atoms with E-state index in [1.54, 1.807) is 12.4 Å². The van der Waals surface area contributed by atoms with E-state index in [2.05, 4.69) is 15.6 Å². The van der Waals surface area contributed by atoms with E-state index >= 15 is 0 Å². The summed E-state index contributed by atoms with van der Waals surface area (Å²) in [6, 6.07) is 13.4. The van der Waals surface area contributed by atoms with Gasteiger partial charge < -0.3 is 29.4 Å². The summed E-state index contributed by atoms with van der Waals surface area (Å²) in [6.45, 7) is 1.19. The van der Waals surface area contributed by atoms with E-state index < -0.39 is 5.97 Å². The van der Waals surface area contributed by atoms with Crippen molar-refractivity contribution in [3.63, 3.8) is 0 Å². The summed E-state index contributed by atoms with van der Waals surface area (Å²) in [4.78, 5) is 35.3. The minimum Gasteiger partial charge on any atom is -0.464 e. The van der Waals surface area contributed by atoms with Crippen LogP contribution in [0.5, 0.6) is 11.5 Å². The van der Waals surface area contributed by atoms with Crippen molar-refractivity contribution in [3.8, 4) is 11.5 Å². The van der Waals surface area contributed by atoms with Gasteiger partial charge in [0.2, 0.25) is 12.7 Å². The number of pyridine rings is 2. The highest BCUT2D eigenvalue weighted by Crippen LogP contribution is 2.36. The van der Waals surface area contributed by atoms with Gasteiger partial charge in [0, 0.05) is 42.7 Å². The number of esters is 1. The lowest BCUT2D eigenvalue weighted by Gasteiger charge is -2.24. The Morgan fingerprint density at radius 2 is 1.97 bits per heavy atom. The zero-order valence-corrected chi connectivity index (χ0v) is 21.6. The fourth-order valence-corrected chi connectivity index (χ4v) is 4.90. The van der Waals surface area contributed by atoms with E-state index in [0.29, 0.717) is 36.2 Å². The van der Waals surface area contributed by atoms with E-state index in [0.717, 1.165) is 47.7 Å². The van der Waals surface area contributed by atoms with Gasteiger partial charge in [0.05, 0.1) is 24.7 Å². The second-order valence-electron chi connectivity index (χ2n) is 9.69. The number of aromatic nitrogens is 3. The highest BCUT2D eigenvalue weighted by Gasteiger charge is 2.30. The molecule has 0 spiro atoms. The summed E-state index contributed by atoms with van der Waals surface area (Å²) < 4.78 is 17.9. The van der Waals surface area contributed by atoms with Crippen molar-refractivity contribution >= 4 is 34.3 Å². The molecular formula is C29H29N5O5. The van der Waals surface area contributed by atoms with E-state index in [4.69, 9.17) is 19.2 Å². The molecule has 2 aliphatic rings. The molecule has 1 fully saturated rings. The van der Waals surface area contributed by atoms with Crippen molar-refractivity contribution in [2.75, 3.05) is 24.5 Å². The molecule has 10 nitrogen and oxygen atoms in total. The maximum Gasteiger partial charge on any atom is 0.356 e. The molecule has 4 aromatic rings. The number of hydrogen-bond donors (Lipinski definition) is 2. The number of carbonyl (C=O) groups is 2. The van der Waals surface area contributed by atoms with E-state index in [1.165, 1.54) is 7.11 Å². The molecule has 0 saturated heterocycles. The molecule has 200 valence electrons. The Labute approximate surface area is 225 Å². The van der Waals surface area contributed by atoms with Gasteiger partial charge in [-0.3, -0.25) is 9.78 Å². The molecule has 3 aromatic heterocycles. The van der Waals surface area contributed by atoms with Gasteiger partial charge in [-0.1, -0.05) is 18.6 Å². The van der Waals surface area contributed by atoms with Crippen molar-refractivity contribution in [2.24, 2.45) is 5.92 Å². The van der Waals surface area contributed by atoms with Crippen LogP contribution in [-0.4, -0.2) is 40.3 Å². The lowest BCUT2D eigenvalue weighted by molar-refractivity contribution is -0.122. The molecule has 39 heavy (non-hydrogen) atoms. The second kappa shape index (κ2) is 10.6. The molecule has 0 unspecified atom stereocenters. The van der Waals surface area contributed by atoms with Crippen LogP contribution in [-0.2, 0) is 29.0 Å². The molecule has 4 heterocycles. The first-order valence-electron chi connectivity index (χ1n) is 13.0. The Morgan fingerprint density at radius 3 is 2.74 bits per heavy atom. The first kappa shape index (κ1) is 24.7. The zero-order chi connectivity index (χ0) is 26.8. The fourth-order valence-electron chi connectivity index (χ4n) is 4.90. The monoisotopic (exact) mass is 527 g/mol. The van der Waals surface area contributed by atoms with Crippen LogP contribution in [0.3, 0.4) is 0 Å². The number of nitrogens with one attached hydrogen (secondary N) is 2. The van der Waals surface area contributed by atoms with Gasteiger partial charge in [-0.25, -0.2) is 9.78 Å². The van der Waals surface area contributed by atoms with Gasteiger partial charge in [0.15, 0.2) is 17.2 Å². The molecular weight excluding hydrogens is 498 g/mol.